The van der Waals surface area contributed by atoms with Crippen LogP contribution in [0.4, 0.5) is 0 Å². The van der Waals surface area contributed by atoms with Crippen LogP contribution in [0.15, 0.2) is 29.3 Å². The summed E-state index contributed by atoms with van der Waals surface area (Å²) in [5.74, 6) is 2.39. The number of hydrogen-bond acceptors (Lipinski definition) is 4. The highest BCUT2D eigenvalue weighted by molar-refractivity contribution is 5.79. The second-order valence-electron chi connectivity index (χ2n) is 6.79. The predicted molar refractivity (Wildman–Crippen MR) is 102 cm³/mol. The molecule has 1 aromatic carbocycles. The molecular weight excluding hydrogens is 316 g/mol. The summed E-state index contributed by atoms with van der Waals surface area (Å²) >= 11 is 0. The van der Waals surface area contributed by atoms with E-state index in [0.29, 0.717) is 5.92 Å². The number of hydrogen-bond donors (Lipinski definition) is 1. The molecule has 1 aromatic rings. The number of methoxy groups -OCH3 is 1. The zero-order valence-corrected chi connectivity index (χ0v) is 16.2. The number of ether oxygens (including phenoxy) is 2. The van der Waals surface area contributed by atoms with Crippen molar-refractivity contribution in [1.82, 2.24) is 15.1 Å². The molecule has 1 N–H and O–H groups in total. The summed E-state index contributed by atoms with van der Waals surface area (Å²) in [5, 5.41) is 3.51. The first kappa shape index (κ1) is 19.5. The van der Waals surface area contributed by atoms with E-state index < -0.39 is 0 Å². The molecule has 2 rings (SSSR count). The Kier molecular flexibility index (Phi) is 7.52. The quantitative estimate of drug-likeness (QED) is 0.602. The summed E-state index contributed by atoms with van der Waals surface area (Å²) in [6.07, 6.45) is 1.13. The fraction of sp³-hybridized carbons (Fsp3) is 0.632. The number of likely N-dealkylation sites (N-methyl/N-ethyl adjacent to an activating group) is 1. The smallest absolute Gasteiger partial charge is 0.193 e. The van der Waals surface area contributed by atoms with E-state index in [-0.39, 0.29) is 6.04 Å². The number of rotatable bonds is 7. The van der Waals surface area contributed by atoms with Gasteiger partial charge in [-0.2, -0.15) is 0 Å². The first-order valence-corrected chi connectivity index (χ1v) is 8.85. The molecule has 1 aliphatic rings. The van der Waals surface area contributed by atoms with E-state index in [1.807, 2.05) is 19.2 Å². The van der Waals surface area contributed by atoms with E-state index in [1.165, 1.54) is 5.56 Å². The summed E-state index contributed by atoms with van der Waals surface area (Å²) in [6, 6.07) is 8.51. The van der Waals surface area contributed by atoms with Gasteiger partial charge < -0.3 is 24.6 Å². The van der Waals surface area contributed by atoms with Gasteiger partial charge in [-0.05, 0) is 38.2 Å². The van der Waals surface area contributed by atoms with Gasteiger partial charge in [0.1, 0.15) is 5.75 Å². The molecule has 1 saturated heterocycles. The first-order valence-electron chi connectivity index (χ1n) is 8.85. The summed E-state index contributed by atoms with van der Waals surface area (Å²) in [4.78, 5) is 8.84. The van der Waals surface area contributed by atoms with Gasteiger partial charge in [0.05, 0.1) is 19.8 Å². The molecule has 6 nitrogen and oxygen atoms in total. The molecule has 2 atom stereocenters. The summed E-state index contributed by atoms with van der Waals surface area (Å²) in [5.41, 5.74) is 1.25. The van der Waals surface area contributed by atoms with E-state index in [2.05, 4.69) is 53.4 Å². The van der Waals surface area contributed by atoms with Gasteiger partial charge in [-0.1, -0.05) is 12.1 Å². The molecule has 1 fully saturated rings. The lowest BCUT2D eigenvalue weighted by Gasteiger charge is -2.29. The predicted octanol–water partition coefficient (Wildman–Crippen LogP) is 1.84. The topological polar surface area (TPSA) is 49.3 Å². The van der Waals surface area contributed by atoms with Crippen LogP contribution in [0.5, 0.6) is 5.75 Å². The lowest BCUT2D eigenvalue weighted by atomic mass is 10.1. The van der Waals surface area contributed by atoms with Crippen LogP contribution in [-0.2, 0) is 4.74 Å². The van der Waals surface area contributed by atoms with Crippen molar-refractivity contribution in [3.05, 3.63) is 29.8 Å². The largest absolute Gasteiger partial charge is 0.497 e. The van der Waals surface area contributed by atoms with Gasteiger partial charge in [0, 0.05) is 39.7 Å². The molecule has 0 saturated carbocycles. The maximum atomic E-state index is 5.47. The molecule has 0 aromatic heterocycles. The van der Waals surface area contributed by atoms with Crippen LogP contribution < -0.4 is 10.1 Å². The van der Waals surface area contributed by atoms with Crippen LogP contribution in [0.2, 0.25) is 0 Å². The second-order valence-corrected chi connectivity index (χ2v) is 6.79. The Balaban J connectivity index is 1.95. The summed E-state index contributed by atoms with van der Waals surface area (Å²) < 4.78 is 10.7. The normalized spacial score (nSPS) is 19.1. The summed E-state index contributed by atoms with van der Waals surface area (Å²) in [6.45, 7) is 3.49. The van der Waals surface area contributed by atoms with E-state index in [4.69, 9.17) is 9.47 Å². The zero-order chi connectivity index (χ0) is 18.2. The molecule has 0 aliphatic carbocycles. The van der Waals surface area contributed by atoms with E-state index in [1.54, 1.807) is 7.11 Å². The van der Waals surface area contributed by atoms with Crippen molar-refractivity contribution in [3.8, 4) is 5.75 Å². The van der Waals surface area contributed by atoms with Gasteiger partial charge in [-0.15, -0.1) is 0 Å². The fourth-order valence-electron chi connectivity index (χ4n) is 3.20. The van der Waals surface area contributed by atoms with Crippen molar-refractivity contribution < 1.29 is 9.47 Å². The average Bonchev–Trinajstić information content (AvgIpc) is 3.11. The Morgan fingerprint density at radius 3 is 2.56 bits per heavy atom. The van der Waals surface area contributed by atoms with Crippen molar-refractivity contribution in [2.24, 2.45) is 10.9 Å². The number of nitrogens with zero attached hydrogens (tertiary/aromatic N) is 3. The Morgan fingerprint density at radius 1 is 1.32 bits per heavy atom. The third kappa shape index (κ3) is 5.61. The van der Waals surface area contributed by atoms with Crippen LogP contribution >= 0.6 is 0 Å². The van der Waals surface area contributed by atoms with E-state index in [0.717, 1.165) is 44.4 Å². The van der Waals surface area contributed by atoms with Crippen LogP contribution in [-0.4, -0.2) is 77.4 Å². The first-order chi connectivity index (χ1) is 12.0. The molecule has 1 aliphatic heterocycles. The minimum atomic E-state index is 0.255. The molecule has 2 unspecified atom stereocenters. The van der Waals surface area contributed by atoms with Gasteiger partial charge in [0.2, 0.25) is 0 Å². The van der Waals surface area contributed by atoms with Gasteiger partial charge in [-0.3, -0.25) is 4.99 Å². The molecule has 0 amide bonds. The maximum absolute atomic E-state index is 5.47. The van der Waals surface area contributed by atoms with Gasteiger partial charge >= 0.3 is 0 Å². The lowest BCUT2D eigenvalue weighted by molar-refractivity contribution is 0.181. The Morgan fingerprint density at radius 2 is 2.04 bits per heavy atom. The highest BCUT2D eigenvalue weighted by Gasteiger charge is 2.20. The lowest BCUT2D eigenvalue weighted by Crippen LogP contribution is -2.44. The van der Waals surface area contributed by atoms with Gasteiger partial charge in [0.25, 0.3) is 0 Å². The van der Waals surface area contributed by atoms with Crippen molar-refractivity contribution in [3.63, 3.8) is 0 Å². The molecule has 25 heavy (non-hydrogen) atoms. The molecule has 0 radical (unpaired) electrons. The van der Waals surface area contributed by atoms with Crippen LogP contribution in [0.3, 0.4) is 0 Å². The molecule has 6 heteroatoms. The highest BCUT2D eigenvalue weighted by atomic mass is 16.5. The summed E-state index contributed by atoms with van der Waals surface area (Å²) in [7, 11) is 9.81. The van der Waals surface area contributed by atoms with Crippen molar-refractivity contribution >= 4 is 5.96 Å². The minimum absolute atomic E-state index is 0.255. The molecule has 0 bridgehead atoms. The van der Waals surface area contributed by atoms with Crippen LogP contribution in [0.1, 0.15) is 18.0 Å². The van der Waals surface area contributed by atoms with E-state index in [9.17, 15) is 0 Å². The van der Waals surface area contributed by atoms with Crippen LogP contribution in [0, 0.1) is 5.92 Å². The Hall–Kier alpha value is -1.79. The van der Waals surface area contributed by atoms with Crippen molar-refractivity contribution in [2.75, 3.05) is 61.6 Å². The van der Waals surface area contributed by atoms with E-state index >= 15 is 0 Å². The molecular formula is C19H32N4O2. The van der Waals surface area contributed by atoms with Gasteiger partial charge in [0.15, 0.2) is 5.96 Å². The monoisotopic (exact) mass is 348 g/mol. The number of guanidine groups is 1. The average molecular weight is 348 g/mol. The number of benzene rings is 1. The van der Waals surface area contributed by atoms with Gasteiger partial charge in [-0.25, -0.2) is 0 Å². The third-order valence-electron chi connectivity index (χ3n) is 4.71. The van der Waals surface area contributed by atoms with Crippen LogP contribution in [0.25, 0.3) is 0 Å². The number of nitrogens with one attached hydrogen (secondary N) is 1. The molecule has 0 spiro atoms. The molecule has 140 valence electrons. The fourth-order valence-corrected chi connectivity index (χ4v) is 3.20. The second kappa shape index (κ2) is 9.63. The molecule has 1 heterocycles. The van der Waals surface area contributed by atoms with Crippen molar-refractivity contribution in [2.45, 2.75) is 12.5 Å². The van der Waals surface area contributed by atoms with Crippen molar-refractivity contribution in [1.29, 1.82) is 0 Å². The minimum Gasteiger partial charge on any atom is -0.497 e. The Bertz CT molecular complexity index is 539. The zero-order valence-electron chi connectivity index (χ0n) is 16.2. The number of aliphatic imine (C=N–C) groups is 1. The standard InChI is InChI=1S/C19H32N4O2/c1-20-19(23(4)13-15-10-11-25-14-15)21-12-18(22(2)3)16-6-8-17(24-5)9-7-16/h6-9,15,18H,10-14H2,1-5H3,(H,20,21). The third-order valence-corrected chi connectivity index (χ3v) is 4.71. The maximum Gasteiger partial charge on any atom is 0.193 e. The highest BCUT2D eigenvalue weighted by Crippen LogP contribution is 2.21. The SMILES string of the molecule is CN=C(NCC(c1ccc(OC)cc1)N(C)C)N(C)CC1CCOC1. The Labute approximate surface area is 151 Å².